The van der Waals surface area contributed by atoms with Crippen LogP contribution in [-0.4, -0.2) is 47.7 Å². The van der Waals surface area contributed by atoms with Crippen LogP contribution in [0.15, 0.2) is 54.6 Å². The van der Waals surface area contributed by atoms with Gasteiger partial charge in [0.2, 0.25) is 15.9 Å². The number of carbonyl (C=O) groups is 1. The minimum atomic E-state index is -3.70. The van der Waals surface area contributed by atoms with Gasteiger partial charge < -0.3 is 10.1 Å². The van der Waals surface area contributed by atoms with Crippen LogP contribution in [0.4, 0.5) is 10.2 Å². The highest BCUT2D eigenvalue weighted by molar-refractivity contribution is 7.89. The van der Waals surface area contributed by atoms with E-state index in [9.17, 15) is 13.2 Å². The van der Waals surface area contributed by atoms with E-state index in [-0.39, 0.29) is 24.1 Å². The van der Waals surface area contributed by atoms with E-state index in [0.29, 0.717) is 50.3 Å². The lowest BCUT2D eigenvalue weighted by Crippen LogP contribution is -2.45. The first kappa shape index (κ1) is 27.5. The molecule has 0 radical (unpaired) electrons. The smallest absolute Gasteiger partial charge is 0.236 e. The van der Waals surface area contributed by atoms with Crippen LogP contribution in [0.3, 0.4) is 0 Å². The summed E-state index contributed by atoms with van der Waals surface area (Å²) in [4.78, 5) is 13.6. The number of anilines is 1. The number of nitrogens with zero attached hydrogens (tertiary/aromatic N) is 3. The largest absolute Gasteiger partial charge is 0.381 e. The topological polar surface area (TPSA) is 93.5 Å². The molecule has 208 valence electrons. The van der Waals surface area contributed by atoms with Gasteiger partial charge in [0.15, 0.2) is 0 Å². The zero-order valence-corrected chi connectivity index (χ0v) is 23.4. The second-order valence-corrected chi connectivity index (χ2v) is 12.7. The molecule has 2 atom stereocenters. The Balaban J connectivity index is 1.42. The van der Waals surface area contributed by atoms with Crippen molar-refractivity contribution in [3.63, 3.8) is 0 Å². The SMILES string of the molecule is Cc1cc(NC(=O)C2(c3ccc(CN4[C@H](C)CC[C@@H](c5ccccc5)S4(=O)=O)c(F)c3)CCOCC2)n(C)n1. The van der Waals surface area contributed by atoms with Gasteiger partial charge in [0, 0.05) is 44.5 Å². The number of benzene rings is 2. The van der Waals surface area contributed by atoms with Crippen molar-refractivity contribution in [1.29, 1.82) is 0 Å². The molecule has 0 spiro atoms. The average Bonchev–Trinajstić information content (AvgIpc) is 3.23. The molecule has 2 aromatic carbocycles. The van der Waals surface area contributed by atoms with Crippen LogP contribution < -0.4 is 5.32 Å². The lowest BCUT2D eigenvalue weighted by atomic mass is 9.73. The maximum atomic E-state index is 15.7. The Labute approximate surface area is 229 Å². The highest BCUT2D eigenvalue weighted by Gasteiger charge is 2.43. The number of halogens is 1. The van der Waals surface area contributed by atoms with Crippen LogP contribution in [0, 0.1) is 12.7 Å². The van der Waals surface area contributed by atoms with Crippen molar-refractivity contribution in [1.82, 2.24) is 14.1 Å². The lowest BCUT2D eigenvalue weighted by molar-refractivity contribution is -0.125. The number of hydrogen-bond acceptors (Lipinski definition) is 5. The molecule has 0 bridgehead atoms. The van der Waals surface area contributed by atoms with Gasteiger partial charge in [-0.25, -0.2) is 12.8 Å². The Bertz CT molecular complexity index is 1450. The number of aryl methyl sites for hydroxylation is 2. The summed E-state index contributed by atoms with van der Waals surface area (Å²) in [7, 11) is -1.94. The molecular formula is C29H35FN4O4S. The van der Waals surface area contributed by atoms with Gasteiger partial charge in [-0.15, -0.1) is 0 Å². The van der Waals surface area contributed by atoms with E-state index in [4.69, 9.17) is 4.74 Å². The summed E-state index contributed by atoms with van der Waals surface area (Å²) in [6.45, 7) is 4.42. The molecule has 10 heteroatoms. The Morgan fingerprint density at radius 1 is 1.13 bits per heavy atom. The fourth-order valence-electron chi connectivity index (χ4n) is 5.82. The third-order valence-corrected chi connectivity index (χ3v) is 10.5. The molecule has 1 N–H and O–H groups in total. The normalized spacial score (nSPS) is 22.9. The first-order chi connectivity index (χ1) is 18.6. The summed E-state index contributed by atoms with van der Waals surface area (Å²) in [5.41, 5.74) is 1.40. The predicted molar refractivity (Wildman–Crippen MR) is 147 cm³/mol. The molecule has 2 saturated heterocycles. The Morgan fingerprint density at radius 3 is 2.49 bits per heavy atom. The zero-order chi connectivity index (χ0) is 27.8. The van der Waals surface area contributed by atoms with E-state index >= 15 is 4.39 Å². The van der Waals surface area contributed by atoms with Gasteiger partial charge in [0.25, 0.3) is 0 Å². The molecule has 0 unspecified atom stereocenters. The molecule has 2 aliphatic heterocycles. The molecule has 8 nitrogen and oxygen atoms in total. The summed E-state index contributed by atoms with van der Waals surface area (Å²) >= 11 is 0. The van der Waals surface area contributed by atoms with Crippen LogP contribution in [0.5, 0.6) is 0 Å². The highest BCUT2D eigenvalue weighted by atomic mass is 32.2. The van der Waals surface area contributed by atoms with E-state index < -0.39 is 26.5 Å². The molecule has 1 amide bonds. The van der Waals surface area contributed by atoms with Crippen molar-refractivity contribution in [3.05, 3.63) is 82.8 Å². The highest BCUT2D eigenvalue weighted by Crippen LogP contribution is 2.40. The third-order valence-electron chi connectivity index (χ3n) is 8.15. The number of hydrogen-bond donors (Lipinski definition) is 1. The predicted octanol–water partition coefficient (Wildman–Crippen LogP) is 4.61. The van der Waals surface area contributed by atoms with E-state index in [2.05, 4.69) is 10.4 Å². The third kappa shape index (κ3) is 5.25. The standard InChI is InChI=1S/C29H35FN4O4S/c1-20-17-27(33(3)32-20)31-28(35)29(13-15-38-16-14-29)24-11-10-23(25(30)18-24)19-34-21(2)9-12-26(39(34,36)37)22-7-5-4-6-8-22/h4-8,10-11,17-18,21,26H,9,12-16,19H2,1-3H3,(H,31,35)/t21-,26+/m1/s1. The first-order valence-electron chi connectivity index (χ1n) is 13.4. The summed E-state index contributed by atoms with van der Waals surface area (Å²) in [5, 5.41) is 6.61. The average molecular weight is 555 g/mol. The van der Waals surface area contributed by atoms with Crippen molar-refractivity contribution in [2.75, 3.05) is 18.5 Å². The maximum Gasteiger partial charge on any atom is 0.236 e. The van der Waals surface area contributed by atoms with Crippen molar-refractivity contribution < 1.29 is 22.3 Å². The number of ether oxygens (including phenoxy) is 1. The first-order valence-corrected chi connectivity index (χ1v) is 14.9. The molecule has 2 fully saturated rings. The van der Waals surface area contributed by atoms with E-state index in [1.54, 1.807) is 29.9 Å². The number of carbonyl (C=O) groups excluding carboxylic acids is 1. The number of nitrogens with one attached hydrogen (secondary N) is 1. The quantitative estimate of drug-likeness (QED) is 0.480. The second-order valence-electron chi connectivity index (χ2n) is 10.7. The van der Waals surface area contributed by atoms with Gasteiger partial charge in [-0.2, -0.15) is 9.40 Å². The summed E-state index contributed by atoms with van der Waals surface area (Å²) in [6.07, 6.45) is 2.03. The summed E-state index contributed by atoms with van der Waals surface area (Å²) < 4.78 is 51.5. The zero-order valence-electron chi connectivity index (χ0n) is 22.6. The minimum Gasteiger partial charge on any atom is -0.381 e. The Hall–Kier alpha value is -3.08. The molecule has 0 aliphatic carbocycles. The van der Waals surface area contributed by atoms with Gasteiger partial charge in [0.1, 0.15) is 16.9 Å². The molecule has 1 aromatic heterocycles. The van der Waals surface area contributed by atoms with Gasteiger partial charge in [-0.05, 0) is 56.7 Å². The van der Waals surface area contributed by atoms with Gasteiger partial charge >= 0.3 is 0 Å². The van der Waals surface area contributed by atoms with E-state index in [0.717, 1.165) is 11.3 Å². The summed E-state index contributed by atoms with van der Waals surface area (Å²) in [6, 6.07) is 15.5. The van der Waals surface area contributed by atoms with E-state index in [1.807, 2.05) is 44.2 Å². The van der Waals surface area contributed by atoms with Crippen molar-refractivity contribution in [2.45, 2.75) is 62.8 Å². The maximum absolute atomic E-state index is 15.7. The molecular weight excluding hydrogens is 519 g/mol. The molecule has 2 aliphatic rings. The summed E-state index contributed by atoms with van der Waals surface area (Å²) in [5.74, 6) is -0.191. The molecule has 3 heterocycles. The number of aromatic nitrogens is 2. The lowest BCUT2D eigenvalue weighted by Gasteiger charge is -2.38. The van der Waals surface area contributed by atoms with Crippen molar-refractivity contribution in [2.24, 2.45) is 7.05 Å². The van der Waals surface area contributed by atoms with E-state index in [1.165, 1.54) is 10.4 Å². The number of rotatable bonds is 6. The minimum absolute atomic E-state index is 0.0600. The van der Waals surface area contributed by atoms with Crippen LogP contribution >= 0.6 is 0 Å². The van der Waals surface area contributed by atoms with Crippen LogP contribution in [0.25, 0.3) is 0 Å². The van der Waals surface area contributed by atoms with Crippen LogP contribution in [-0.2, 0) is 38.6 Å². The van der Waals surface area contributed by atoms with Crippen LogP contribution in [0.2, 0.25) is 0 Å². The van der Waals surface area contributed by atoms with Gasteiger partial charge in [-0.3, -0.25) is 9.48 Å². The molecule has 0 saturated carbocycles. The Kier molecular flexibility index (Phi) is 7.63. The number of sulfonamides is 1. The van der Waals surface area contributed by atoms with Crippen LogP contribution in [0.1, 0.15) is 60.2 Å². The van der Waals surface area contributed by atoms with Crippen molar-refractivity contribution in [3.8, 4) is 0 Å². The second kappa shape index (κ2) is 10.8. The molecule has 5 rings (SSSR count). The fourth-order valence-corrected chi connectivity index (χ4v) is 8.01. The molecule has 39 heavy (non-hydrogen) atoms. The van der Waals surface area contributed by atoms with Crippen molar-refractivity contribution >= 4 is 21.7 Å². The monoisotopic (exact) mass is 554 g/mol. The van der Waals surface area contributed by atoms with Gasteiger partial charge in [-0.1, -0.05) is 42.5 Å². The molecule has 3 aromatic rings. The number of amides is 1. The van der Waals surface area contributed by atoms with Gasteiger partial charge in [0.05, 0.1) is 11.1 Å². The Morgan fingerprint density at radius 2 is 1.85 bits per heavy atom. The fraction of sp³-hybridized carbons (Fsp3) is 0.448.